The Kier molecular flexibility index (Phi) is 5.69. The average molecular weight is 293 g/mol. The molecule has 1 amide bonds. The number of anilines is 1. The van der Waals surface area contributed by atoms with Gasteiger partial charge < -0.3 is 10.6 Å². The molecule has 0 bridgehead atoms. The number of carbonyl (C=O) groups is 1. The fourth-order valence-electron chi connectivity index (χ4n) is 1.78. The lowest BCUT2D eigenvalue weighted by Crippen LogP contribution is -2.34. The summed E-state index contributed by atoms with van der Waals surface area (Å²) < 4.78 is 0. The zero-order valence-electron chi connectivity index (χ0n) is 13.0. The smallest absolute Gasteiger partial charge is 0.293 e. The second kappa shape index (κ2) is 7.06. The van der Waals surface area contributed by atoms with E-state index in [1.807, 2.05) is 6.92 Å². The highest BCUT2D eigenvalue weighted by atomic mass is 16.6. The van der Waals surface area contributed by atoms with Crippen LogP contribution < -0.4 is 10.6 Å². The molecule has 0 radical (unpaired) electrons. The number of nitro benzene ring substituents is 1. The van der Waals surface area contributed by atoms with Crippen LogP contribution in [0.25, 0.3) is 0 Å². The topological polar surface area (TPSA) is 84.3 Å². The Hall–Kier alpha value is -2.11. The minimum absolute atomic E-state index is 0.00524. The second-order valence-electron chi connectivity index (χ2n) is 5.69. The Balaban J connectivity index is 3.03. The lowest BCUT2D eigenvalue weighted by Gasteiger charge is -2.23. The Labute approximate surface area is 125 Å². The van der Waals surface area contributed by atoms with Crippen LogP contribution >= 0.6 is 0 Å². The number of para-hydroxylation sites is 1. The van der Waals surface area contributed by atoms with Crippen molar-refractivity contribution >= 4 is 17.3 Å². The molecular formula is C15H23N3O3. The van der Waals surface area contributed by atoms with Crippen molar-refractivity contribution in [1.82, 2.24) is 5.32 Å². The van der Waals surface area contributed by atoms with Crippen molar-refractivity contribution in [3.8, 4) is 0 Å². The fraction of sp³-hybridized carbons (Fsp3) is 0.533. The van der Waals surface area contributed by atoms with E-state index in [0.29, 0.717) is 18.7 Å². The van der Waals surface area contributed by atoms with Gasteiger partial charge in [0, 0.05) is 19.2 Å². The number of nitrogens with zero attached hydrogens (tertiary/aromatic N) is 1. The van der Waals surface area contributed by atoms with E-state index >= 15 is 0 Å². The maximum Gasteiger partial charge on any atom is 0.293 e. The quantitative estimate of drug-likeness (QED) is 0.597. The minimum Gasteiger partial charge on any atom is -0.379 e. The molecule has 2 N–H and O–H groups in total. The molecule has 116 valence electrons. The molecule has 1 aromatic carbocycles. The zero-order valence-corrected chi connectivity index (χ0v) is 13.0. The van der Waals surface area contributed by atoms with Gasteiger partial charge in [0.15, 0.2) is 0 Å². The van der Waals surface area contributed by atoms with Crippen LogP contribution in [0, 0.1) is 15.5 Å². The average Bonchev–Trinajstić information content (AvgIpc) is 2.45. The van der Waals surface area contributed by atoms with E-state index in [4.69, 9.17) is 0 Å². The molecule has 21 heavy (non-hydrogen) atoms. The molecule has 1 aromatic rings. The van der Waals surface area contributed by atoms with Crippen molar-refractivity contribution in [2.75, 3.05) is 18.4 Å². The van der Waals surface area contributed by atoms with E-state index in [2.05, 4.69) is 31.4 Å². The predicted molar refractivity (Wildman–Crippen MR) is 83.7 cm³/mol. The van der Waals surface area contributed by atoms with Gasteiger partial charge in [-0.2, -0.15) is 0 Å². The number of amides is 1. The molecule has 0 aromatic heterocycles. The Morgan fingerprint density at radius 3 is 2.52 bits per heavy atom. The van der Waals surface area contributed by atoms with Crippen molar-refractivity contribution in [1.29, 1.82) is 0 Å². The highest BCUT2D eigenvalue weighted by Gasteiger charge is 2.22. The summed E-state index contributed by atoms with van der Waals surface area (Å²) in [6.45, 7) is 9.04. The molecule has 0 heterocycles. The molecule has 0 atom stereocenters. The number of carbonyl (C=O) groups excluding carboxylic acids is 1. The van der Waals surface area contributed by atoms with Crippen LogP contribution in [0.3, 0.4) is 0 Å². The van der Waals surface area contributed by atoms with E-state index in [1.165, 1.54) is 12.1 Å². The largest absolute Gasteiger partial charge is 0.379 e. The first-order valence-electron chi connectivity index (χ1n) is 7.12. The molecule has 0 unspecified atom stereocenters. The molecule has 0 aliphatic carbocycles. The first-order chi connectivity index (χ1) is 9.82. The molecule has 1 rings (SSSR count). The first kappa shape index (κ1) is 16.9. The fourth-order valence-corrected chi connectivity index (χ4v) is 1.78. The van der Waals surface area contributed by atoms with Gasteiger partial charge in [-0.05, 0) is 24.8 Å². The van der Waals surface area contributed by atoms with Gasteiger partial charge in [-0.15, -0.1) is 0 Å². The number of benzene rings is 1. The number of nitrogens with one attached hydrogen (secondary N) is 2. The van der Waals surface area contributed by atoms with Gasteiger partial charge in [-0.25, -0.2) is 0 Å². The summed E-state index contributed by atoms with van der Waals surface area (Å²) in [6, 6.07) is 4.52. The van der Waals surface area contributed by atoms with E-state index in [1.54, 1.807) is 6.07 Å². The third-order valence-corrected chi connectivity index (χ3v) is 3.52. The molecular weight excluding hydrogens is 270 g/mol. The number of rotatable bonds is 7. The summed E-state index contributed by atoms with van der Waals surface area (Å²) in [4.78, 5) is 22.9. The van der Waals surface area contributed by atoms with E-state index in [-0.39, 0.29) is 22.7 Å². The minimum atomic E-state index is -0.481. The summed E-state index contributed by atoms with van der Waals surface area (Å²) in [7, 11) is 0. The van der Waals surface area contributed by atoms with Crippen LogP contribution in [0.4, 0.5) is 11.4 Å². The number of nitro groups is 1. The van der Waals surface area contributed by atoms with Crippen molar-refractivity contribution < 1.29 is 9.72 Å². The van der Waals surface area contributed by atoms with E-state index in [0.717, 1.165) is 6.42 Å². The summed E-state index contributed by atoms with van der Waals surface area (Å²) >= 11 is 0. The van der Waals surface area contributed by atoms with Gasteiger partial charge >= 0.3 is 0 Å². The van der Waals surface area contributed by atoms with Gasteiger partial charge in [0.1, 0.15) is 5.69 Å². The van der Waals surface area contributed by atoms with Gasteiger partial charge in [-0.1, -0.05) is 26.8 Å². The second-order valence-corrected chi connectivity index (χ2v) is 5.69. The zero-order chi connectivity index (χ0) is 16.0. The monoisotopic (exact) mass is 293 g/mol. The van der Waals surface area contributed by atoms with Crippen LogP contribution in [-0.4, -0.2) is 23.9 Å². The first-order valence-corrected chi connectivity index (χ1v) is 7.12. The third-order valence-electron chi connectivity index (χ3n) is 3.52. The summed E-state index contributed by atoms with van der Waals surface area (Å²) in [5, 5.41) is 16.8. The maximum absolute atomic E-state index is 12.3. The highest BCUT2D eigenvalue weighted by Crippen LogP contribution is 2.28. The SMILES string of the molecule is CCNc1c(C(=O)NCC(C)(C)CC)cccc1[N+](=O)[O-]. The molecule has 6 nitrogen and oxygen atoms in total. The predicted octanol–water partition coefficient (Wildman–Crippen LogP) is 3.19. The molecule has 0 fully saturated rings. The lowest BCUT2D eigenvalue weighted by atomic mass is 9.90. The number of hydrogen-bond donors (Lipinski definition) is 2. The molecule has 0 saturated heterocycles. The Bertz CT molecular complexity index is 527. The molecule has 6 heteroatoms. The maximum atomic E-state index is 12.3. The molecule has 0 aliphatic heterocycles. The number of hydrogen-bond acceptors (Lipinski definition) is 4. The van der Waals surface area contributed by atoms with Crippen LogP contribution in [0.2, 0.25) is 0 Å². The van der Waals surface area contributed by atoms with Gasteiger partial charge in [0.05, 0.1) is 10.5 Å². The summed E-state index contributed by atoms with van der Waals surface area (Å²) in [5.74, 6) is -0.295. The molecule has 0 aliphatic rings. The Morgan fingerprint density at radius 2 is 2.00 bits per heavy atom. The summed E-state index contributed by atoms with van der Waals surface area (Å²) in [6.07, 6.45) is 0.933. The van der Waals surface area contributed by atoms with Crippen LogP contribution in [0.1, 0.15) is 44.5 Å². The van der Waals surface area contributed by atoms with Gasteiger partial charge in [0.2, 0.25) is 0 Å². The van der Waals surface area contributed by atoms with Crippen molar-refractivity contribution in [3.63, 3.8) is 0 Å². The third kappa shape index (κ3) is 4.44. The molecule has 0 spiro atoms. The van der Waals surface area contributed by atoms with Gasteiger partial charge in [-0.3, -0.25) is 14.9 Å². The van der Waals surface area contributed by atoms with Crippen LogP contribution in [0.15, 0.2) is 18.2 Å². The van der Waals surface area contributed by atoms with Crippen molar-refractivity contribution in [2.24, 2.45) is 5.41 Å². The van der Waals surface area contributed by atoms with E-state index in [9.17, 15) is 14.9 Å². The molecule has 0 saturated carbocycles. The van der Waals surface area contributed by atoms with Crippen molar-refractivity contribution in [2.45, 2.75) is 34.1 Å². The van der Waals surface area contributed by atoms with Gasteiger partial charge in [0.25, 0.3) is 11.6 Å². The van der Waals surface area contributed by atoms with E-state index < -0.39 is 4.92 Å². The van der Waals surface area contributed by atoms with Crippen molar-refractivity contribution in [3.05, 3.63) is 33.9 Å². The van der Waals surface area contributed by atoms with Crippen LogP contribution in [-0.2, 0) is 0 Å². The van der Waals surface area contributed by atoms with Crippen LogP contribution in [0.5, 0.6) is 0 Å². The highest BCUT2D eigenvalue weighted by molar-refractivity contribution is 6.01. The normalized spacial score (nSPS) is 11.0. The Morgan fingerprint density at radius 1 is 1.33 bits per heavy atom. The standard InChI is InChI=1S/C15H23N3O3/c1-5-15(3,4)10-17-14(19)11-8-7-9-12(18(20)21)13(11)16-6-2/h7-9,16H,5-6,10H2,1-4H3,(H,17,19). The summed E-state index contributed by atoms with van der Waals surface area (Å²) in [5.41, 5.74) is 0.489. The lowest BCUT2D eigenvalue weighted by molar-refractivity contribution is -0.384.